The zero-order chi connectivity index (χ0) is 19.5. The number of benzene rings is 2. The Morgan fingerprint density at radius 3 is 2.79 bits per heavy atom. The Bertz CT molecular complexity index is 982. The van der Waals surface area contributed by atoms with Crippen LogP contribution in [0.25, 0.3) is 0 Å². The number of carbonyl (C=O) groups excluding carboxylic acids is 1. The van der Waals surface area contributed by atoms with Crippen molar-refractivity contribution in [3.8, 4) is 5.75 Å². The quantitative estimate of drug-likeness (QED) is 0.739. The minimum absolute atomic E-state index is 0.136. The van der Waals surface area contributed by atoms with Gasteiger partial charge in [-0.25, -0.2) is 4.68 Å². The summed E-state index contributed by atoms with van der Waals surface area (Å²) in [5.41, 5.74) is 4.27. The van der Waals surface area contributed by atoms with Gasteiger partial charge in [0.15, 0.2) is 5.69 Å². The molecule has 2 heterocycles. The number of ether oxygens (including phenoxy) is 2. The number of aryl methyl sites for hydroxylation is 1. The summed E-state index contributed by atoms with van der Waals surface area (Å²) in [6.45, 7) is 3.28. The lowest BCUT2D eigenvalue weighted by molar-refractivity contribution is -0.00179. The van der Waals surface area contributed by atoms with Crippen LogP contribution in [0.5, 0.6) is 5.75 Å². The van der Waals surface area contributed by atoms with Crippen molar-refractivity contribution in [3.63, 3.8) is 0 Å². The number of hydrogen-bond donors (Lipinski definition) is 1. The first-order chi connectivity index (χ1) is 13.7. The Balaban J connectivity index is 1.44. The third kappa shape index (κ3) is 3.61. The Labute approximate surface area is 163 Å². The monoisotopic (exact) mass is 378 g/mol. The molecule has 1 aromatic heterocycles. The Morgan fingerprint density at radius 1 is 1.25 bits per heavy atom. The number of fused-ring (bicyclic) bond motifs is 1. The number of hydrogen-bond acceptors (Lipinski definition) is 5. The van der Waals surface area contributed by atoms with Gasteiger partial charge in [0.1, 0.15) is 11.9 Å². The molecule has 0 bridgehead atoms. The van der Waals surface area contributed by atoms with E-state index < -0.39 is 0 Å². The SMILES string of the molecule is COc1ccc([C@H]2Cn3nnc(C(=O)NCc4ccccc4C)c3CO2)cc1. The van der Waals surface area contributed by atoms with Gasteiger partial charge in [-0.15, -0.1) is 5.10 Å². The van der Waals surface area contributed by atoms with Crippen molar-refractivity contribution in [2.24, 2.45) is 0 Å². The van der Waals surface area contributed by atoms with Crippen LogP contribution in [-0.4, -0.2) is 28.0 Å². The van der Waals surface area contributed by atoms with Crippen LogP contribution in [0.4, 0.5) is 0 Å². The van der Waals surface area contributed by atoms with E-state index >= 15 is 0 Å². The van der Waals surface area contributed by atoms with E-state index in [0.717, 1.165) is 22.4 Å². The zero-order valence-corrected chi connectivity index (χ0v) is 15.9. The Morgan fingerprint density at radius 2 is 2.04 bits per heavy atom. The zero-order valence-electron chi connectivity index (χ0n) is 15.9. The molecule has 0 saturated carbocycles. The highest BCUT2D eigenvalue weighted by molar-refractivity contribution is 5.93. The lowest BCUT2D eigenvalue weighted by Gasteiger charge is -2.24. The summed E-state index contributed by atoms with van der Waals surface area (Å²) >= 11 is 0. The second-order valence-corrected chi connectivity index (χ2v) is 6.75. The van der Waals surface area contributed by atoms with Gasteiger partial charge in [-0.2, -0.15) is 0 Å². The molecule has 3 aromatic rings. The van der Waals surface area contributed by atoms with E-state index in [1.165, 1.54) is 0 Å². The summed E-state index contributed by atoms with van der Waals surface area (Å²) in [5.74, 6) is 0.560. The van der Waals surface area contributed by atoms with Gasteiger partial charge < -0.3 is 14.8 Å². The third-order valence-electron chi connectivity index (χ3n) is 5.00. The minimum atomic E-state index is -0.240. The fourth-order valence-electron chi connectivity index (χ4n) is 3.28. The van der Waals surface area contributed by atoms with Crippen LogP contribution in [0.15, 0.2) is 48.5 Å². The fourth-order valence-corrected chi connectivity index (χ4v) is 3.28. The molecule has 0 fully saturated rings. The highest BCUT2D eigenvalue weighted by atomic mass is 16.5. The highest BCUT2D eigenvalue weighted by Gasteiger charge is 2.27. The second-order valence-electron chi connectivity index (χ2n) is 6.75. The summed E-state index contributed by atoms with van der Waals surface area (Å²) in [4.78, 5) is 12.6. The Hall–Kier alpha value is -3.19. The molecule has 0 spiro atoms. The molecule has 0 saturated heterocycles. The molecule has 1 aliphatic rings. The molecule has 1 atom stereocenters. The summed E-state index contributed by atoms with van der Waals surface area (Å²) in [6.07, 6.45) is -0.136. The van der Waals surface area contributed by atoms with Crippen LogP contribution in [-0.2, 0) is 24.4 Å². The topological polar surface area (TPSA) is 78.3 Å². The lowest BCUT2D eigenvalue weighted by Crippen LogP contribution is -2.27. The molecule has 28 heavy (non-hydrogen) atoms. The van der Waals surface area contributed by atoms with Gasteiger partial charge in [-0.1, -0.05) is 41.6 Å². The molecule has 1 N–H and O–H groups in total. The van der Waals surface area contributed by atoms with Crippen molar-refractivity contribution in [1.82, 2.24) is 20.3 Å². The van der Waals surface area contributed by atoms with Gasteiger partial charge in [0.2, 0.25) is 0 Å². The van der Waals surface area contributed by atoms with Crippen molar-refractivity contribution in [1.29, 1.82) is 0 Å². The lowest BCUT2D eigenvalue weighted by atomic mass is 10.1. The van der Waals surface area contributed by atoms with E-state index in [2.05, 4.69) is 15.6 Å². The molecule has 4 rings (SSSR count). The van der Waals surface area contributed by atoms with E-state index in [1.54, 1.807) is 11.8 Å². The van der Waals surface area contributed by atoms with Crippen LogP contribution >= 0.6 is 0 Å². The van der Waals surface area contributed by atoms with Crippen molar-refractivity contribution in [3.05, 3.63) is 76.6 Å². The standard InChI is InChI=1S/C21H22N4O3/c1-14-5-3-4-6-16(14)11-22-21(26)20-18-13-28-19(12-25(18)24-23-20)15-7-9-17(27-2)10-8-15/h3-10,19H,11-13H2,1-2H3,(H,22,26)/t19-/m1/s1. The van der Waals surface area contributed by atoms with Gasteiger partial charge in [-0.3, -0.25) is 4.79 Å². The van der Waals surface area contributed by atoms with Crippen LogP contribution in [0, 0.1) is 6.92 Å². The Kier molecular flexibility index (Phi) is 5.08. The second kappa shape index (κ2) is 7.82. The summed E-state index contributed by atoms with van der Waals surface area (Å²) in [5, 5.41) is 11.2. The first-order valence-electron chi connectivity index (χ1n) is 9.16. The first kappa shape index (κ1) is 18.2. The average Bonchev–Trinajstić information content (AvgIpc) is 3.16. The molecule has 0 unspecified atom stereocenters. The van der Waals surface area contributed by atoms with Crippen molar-refractivity contribution >= 4 is 5.91 Å². The predicted octanol–water partition coefficient (Wildman–Crippen LogP) is 2.80. The van der Waals surface area contributed by atoms with Gasteiger partial charge in [0.25, 0.3) is 5.91 Å². The molecule has 144 valence electrons. The van der Waals surface area contributed by atoms with E-state index in [1.807, 2.05) is 55.5 Å². The number of amides is 1. The largest absolute Gasteiger partial charge is 0.497 e. The number of nitrogens with one attached hydrogen (secondary N) is 1. The molecule has 7 heteroatoms. The molecule has 1 aliphatic heterocycles. The number of carbonyl (C=O) groups is 1. The van der Waals surface area contributed by atoms with Crippen molar-refractivity contribution in [2.75, 3.05) is 7.11 Å². The molecule has 0 aliphatic carbocycles. The van der Waals surface area contributed by atoms with Crippen LogP contribution in [0.2, 0.25) is 0 Å². The molecular formula is C21H22N4O3. The van der Waals surface area contributed by atoms with E-state index in [4.69, 9.17) is 9.47 Å². The number of methoxy groups -OCH3 is 1. The maximum atomic E-state index is 12.6. The average molecular weight is 378 g/mol. The van der Waals surface area contributed by atoms with Crippen LogP contribution in [0.1, 0.15) is 39.0 Å². The van der Waals surface area contributed by atoms with Crippen LogP contribution in [0.3, 0.4) is 0 Å². The van der Waals surface area contributed by atoms with E-state index in [9.17, 15) is 4.79 Å². The normalized spacial score (nSPS) is 15.7. The molecular weight excluding hydrogens is 356 g/mol. The maximum absolute atomic E-state index is 12.6. The fraction of sp³-hybridized carbons (Fsp3) is 0.286. The minimum Gasteiger partial charge on any atom is -0.497 e. The number of aromatic nitrogens is 3. The first-order valence-corrected chi connectivity index (χ1v) is 9.16. The number of nitrogens with zero attached hydrogens (tertiary/aromatic N) is 3. The summed E-state index contributed by atoms with van der Waals surface area (Å²) < 4.78 is 12.9. The van der Waals surface area contributed by atoms with E-state index in [0.29, 0.717) is 24.5 Å². The van der Waals surface area contributed by atoms with Gasteiger partial charge in [0.05, 0.1) is 26.0 Å². The van der Waals surface area contributed by atoms with Gasteiger partial charge in [0, 0.05) is 6.54 Å². The van der Waals surface area contributed by atoms with Gasteiger partial charge in [-0.05, 0) is 35.7 Å². The van der Waals surface area contributed by atoms with Crippen molar-refractivity contribution in [2.45, 2.75) is 32.7 Å². The van der Waals surface area contributed by atoms with Gasteiger partial charge >= 0.3 is 0 Å². The third-order valence-corrected chi connectivity index (χ3v) is 5.00. The predicted molar refractivity (Wildman–Crippen MR) is 103 cm³/mol. The molecule has 1 amide bonds. The van der Waals surface area contributed by atoms with E-state index in [-0.39, 0.29) is 18.6 Å². The number of rotatable bonds is 5. The smallest absolute Gasteiger partial charge is 0.274 e. The summed E-state index contributed by atoms with van der Waals surface area (Å²) in [6, 6.07) is 15.7. The maximum Gasteiger partial charge on any atom is 0.274 e. The summed E-state index contributed by atoms with van der Waals surface area (Å²) in [7, 11) is 1.64. The highest BCUT2D eigenvalue weighted by Crippen LogP contribution is 2.28. The van der Waals surface area contributed by atoms with Crippen LogP contribution < -0.4 is 10.1 Å². The van der Waals surface area contributed by atoms with Crippen molar-refractivity contribution < 1.29 is 14.3 Å². The molecule has 0 radical (unpaired) electrons. The molecule has 7 nitrogen and oxygen atoms in total. The molecule has 2 aromatic carbocycles.